The molecule has 0 amide bonds. The van der Waals surface area contributed by atoms with Crippen LogP contribution in [0.2, 0.25) is 0 Å². The van der Waals surface area contributed by atoms with Crippen LogP contribution in [-0.4, -0.2) is 37.2 Å². The second kappa shape index (κ2) is 56.7. The fourth-order valence-electron chi connectivity index (χ4n) is 9.93. The van der Waals surface area contributed by atoms with Crippen LogP contribution >= 0.6 is 0 Å². The summed E-state index contributed by atoms with van der Waals surface area (Å²) in [5, 5.41) is 0. The normalized spacial score (nSPS) is 12.0. The van der Waals surface area contributed by atoms with Gasteiger partial charge in [0.1, 0.15) is 13.2 Å². The molecule has 0 aromatic rings. The fourth-order valence-corrected chi connectivity index (χ4v) is 9.93. The first-order valence-corrected chi connectivity index (χ1v) is 31.7. The SMILES string of the molecule is CCCCCCCCCCCCC(=O)OC[C@H](COC(=O)CCCCCCCCCCCCCCCCCCCCC(C)C)OC(=O)CCCCCCCCCCCCCCCCCCCCC(C)C. The molecule has 6 nitrogen and oxygen atoms in total. The lowest BCUT2D eigenvalue weighted by molar-refractivity contribution is -0.167. The van der Waals surface area contributed by atoms with Crippen LogP contribution in [0.5, 0.6) is 0 Å². The summed E-state index contributed by atoms with van der Waals surface area (Å²) >= 11 is 0. The van der Waals surface area contributed by atoms with Gasteiger partial charge in [-0.15, -0.1) is 0 Å². The highest BCUT2D eigenvalue weighted by Crippen LogP contribution is 2.19. The number of carbonyl (C=O) groups excluding carboxylic acids is 3. The number of esters is 3. The third kappa shape index (κ3) is 57.3. The maximum Gasteiger partial charge on any atom is 0.306 e. The van der Waals surface area contributed by atoms with Gasteiger partial charge in [0.25, 0.3) is 0 Å². The van der Waals surface area contributed by atoms with Crippen molar-refractivity contribution in [3.8, 4) is 0 Å². The molecule has 1 atom stereocenters. The molecule has 0 bridgehead atoms. The number of carbonyl (C=O) groups is 3. The molecule has 0 aliphatic rings. The van der Waals surface area contributed by atoms with Crippen LogP contribution in [0.25, 0.3) is 0 Å². The number of hydrogen-bond acceptors (Lipinski definition) is 6. The Balaban J connectivity index is 4.18. The number of unbranched alkanes of at least 4 members (excludes halogenated alkanes) is 43. The Hall–Kier alpha value is -1.59. The van der Waals surface area contributed by atoms with Gasteiger partial charge in [-0.25, -0.2) is 0 Å². The summed E-state index contributed by atoms with van der Waals surface area (Å²) in [6, 6.07) is 0. The molecule has 0 saturated carbocycles. The zero-order valence-electron chi connectivity index (χ0n) is 48.2. The number of rotatable bonds is 58. The zero-order chi connectivity index (χ0) is 51.1. The van der Waals surface area contributed by atoms with E-state index in [0.717, 1.165) is 69.6 Å². The fraction of sp³-hybridized carbons (Fsp3) is 0.953. The van der Waals surface area contributed by atoms with Gasteiger partial charge in [0.2, 0.25) is 0 Å². The minimum Gasteiger partial charge on any atom is -0.462 e. The molecule has 0 rings (SSSR count). The van der Waals surface area contributed by atoms with Crippen LogP contribution in [0.1, 0.15) is 362 Å². The predicted octanol–water partition coefficient (Wildman–Crippen LogP) is 21.2. The highest BCUT2D eigenvalue weighted by atomic mass is 16.6. The summed E-state index contributed by atoms with van der Waals surface area (Å²) in [5.74, 6) is 0.883. The average molecular weight is 990 g/mol. The van der Waals surface area contributed by atoms with E-state index in [2.05, 4.69) is 34.6 Å². The molecule has 6 heteroatoms. The number of hydrogen-bond donors (Lipinski definition) is 0. The van der Waals surface area contributed by atoms with E-state index >= 15 is 0 Å². The lowest BCUT2D eigenvalue weighted by atomic mass is 10.0. The molecular formula is C64H124O6. The molecule has 0 unspecified atom stereocenters. The smallest absolute Gasteiger partial charge is 0.306 e. The first kappa shape index (κ1) is 68.4. The molecule has 416 valence electrons. The minimum absolute atomic E-state index is 0.0619. The molecule has 0 heterocycles. The van der Waals surface area contributed by atoms with Gasteiger partial charge >= 0.3 is 17.9 Å². The topological polar surface area (TPSA) is 78.9 Å². The summed E-state index contributed by atoms with van der Waals surface area (Å²) in [5.41, 5.74) is 0. The van der Waals surface area contributed by atoms with E-state index < -0.39 is 6.10 Å². The first-order chi connectivity index (χ1) is 34.2. The highest BCUT2D eigenvalue weighted by molar-refractivity contribution is 5.71. The van der Waals surface area contributed by atoms with Crippen molar-refractivity contribution in [2.24, 2.45) is 11.8 Å². The lowest BCUT2D eigenvalue weighted by Gasteiger charge is -2.18. The standard InChI is InChI=1S/C64H124O6/c1-6-7-8-9-10-11-34-39-44-49-54-62(65)68-57-61(70-64(67)56-51-46-41-36-31-27-23-19-15-13-17-21-25-29-33-38-43-48-53-60(4)5)58-69-63(66)55-50-45-40-35-30-26-22-18-14-12-16-20-24-28-32-37-42-47-52-59(2)3/h59-61H,6-58H2,1-5H3/t61-/m1/s1. The van der Waals surface area contributed by atoms with Crippen LogP contribution in [-0.2, 0) is 28.6 Å². The maximum absolute atomic E-state index is 12.9. The molecule has 0 aromatic heterocycles. The van der Waals surface area contributed by atoms with E-state index in [1.807, 2.05) is 0 Å². The van der Waals surface area contributed by atoms with E-state index in [1.165, 1.54) is 250 Å². The second-order valence-corrected chi connectivity index (χ2v) is 23.0. The summed E-state index contributed by atoms with van der Waals surface area (Å²) in [7, 11) is 0. The van der Waals surface area contributed by atoms with Gasteiger partial charge in [0.15, 0.2) is 6.10 Å². The Morgan fingerprint density at radius 3 is 0.700 bits per heavy atom. The molecule has 0 spiro atoms. The molecule has 0 radical (unpaired) electrons. The third-order valence-corrected chi connectivity index (χ3v) is 14.7. The van der Waals surface area contributed by atoms with Gasteiger partial charge in [0, 0.05) is 19.3 Å². The Kier molecular flexibility index (Phi) is 55.4. The third-order valence-electron chi connectivity index (χ3n) is 14.7. The van der Waals surface area contributed by atoms with Crippen molar-refractivity contribution in [3.05, 3.63) is 0 Å². The average Bonchev–Trinajstić information content (AvgIpc) is 3.33. The van der Waals surface area contributed by atoms with Gasteiger partial charge < -0.3 is 14.2 Å². The molecule has 0 aliphatic heterocycles. The maximum atomic E-state index is 12.9. The molecular weight excluding hydrogens is 865 g/mol. The van der Waals surface area contributed by atoms with Crippen LogP contribution in [0, 0.1) is 11.8 Å². The Morgan fingerprint density at radius 1 is 0.271 bits per heavy atom. The van der Waals surface area contributed by atoms with E-state index in [-0.39, 0.29) is 31.1 Å². The lowest BCUT2D eigenvalue weighted by Crippen LogP contribution is -2.30. The molecule has 0 aliphatic carbocycles. The van der Waals surface area contributed by atoms with Gasteiger partial charge in [-0.2, -0.15) is 0 Å². The van der Waals surface area contributed by atoms with Gasteiger partial charge in [0.05, 0.1) is 0 Å². The zero-order valence-corrected chi connectivity index (χ0v) is 48.2. The van der Waals surface area contributed by atoms with Crippen LogP contribution in [0.4, 0.5) is 0 Å². The van der Waals surface area contributed by atoms with Gasteiger partial charge in [-0.3, -0.25) is 14.4 Å². The summed E-state index contributed by atoms with van der Waals surface area (Å²) in [4.78, 5) is 38.2. The predicted molar refractivity (Wildman–Crippen MR) is 303 cm³/mol. The van der Waals surface area contributed by atoms with E-state index in [9.17, 15) is 14.4 Å². The van der Waals surface area contributed by atoms with Crippen molar-refractivity contribution in [1.29, 1.82) is 0 Å². The monoisotopic (exact) mass is 989 g/mol. The van der Waals surface area contributed by atoms with Gasteiger partial charge in [-0.1, -0.05) is 324 Å². The largest absolute Gasteiger partial charge is 0.462 e. The van der Waals surface area contributed by atoms with Crippen molar-refractivity contribution in [2.75, 3.05) is 13.2 Å². The van der Waals surface area contributed by atoms with E-state index in [0.29, 0.717) is 19.3 Å². The molecule has 0 saturated heterocycles. The Labute approximate surface area is 438 Å². The quantitative estimate of drug-likeness (QED) is 0.0343. The van der Waals surface area contributed by atoms with Crippen LogP contribution in [0.15, 0.2) is 0 Å². The summed E-state index contributed by atoms with van der Waals surface area (Å²) in [6.07, 6.45) is 62.6. The second-order valence-electron chi connectivity index (χ2n) is 23.0. The first-order valence-electron chi connectivity index (χ1n) is 31.7. The Bertz CT molecular complexity index is 1070. The van der Waals surface area contributed by atoms with Crippen LogP contribution in [0.3, 0.4) is 0 Å². The molecule has 70 heavy (non-hydrogen) atoms. The van der Waals surface area contributed by atoms with E-state index in [4.69, 9.17) is 14.2 Å². The van der Waals surface area contributed by atoms with E-state index in [1.54, 1.807) is 0 Å². The van der Waals surface area contributed by atoms with Crippen molar-refractivity contribution < 1.29 is 28.6 Å². The molecule has 0 fully saturated rings. The summed E-state index contributed by atoms with van der Waals surface area (Å²) < 4.78 is 16.9. The Morgan fingerprint density at radius 2 is 0.471 bits per heavy atom. The van der Waals surface area contributed by atoms with Crippen molar-refractivity contribution >= 4 is 17.9 Å². The van der Waals surface area contributed by atoms with Crippen molar-refractivity contribution in [3.63, 3.8) is 0 Å². The van der Waals surface area contributed by atoms with Crippen LogP contribution < -0.4 is 0 Å². The highest BCUT2D eigenvalue weighted by Gasteiger charge is 2.19. The number of ether oxygens (including phenoxy) is 3. The molecule has 0 N–H and O–H groups in total. The molecule has 0 aromatic carbocycles. The van der Waals surface area contributed by atoms with Crippen molar-refractivity contribution in [1.82, 2.24) is 0 Å². The summed E-state index contributed by atoms with van der Waals surface area (Å²) in [6.45, 7) is 11.5. The van der Waals surface area contributed by atoms with Gasteiger partial charge in [-0.05, 0) is 31.1 Å². The van der Waals surface area contributed by atoms with Crippen molar-refractivity contribution in [2.45, 2.75) is 368 Å². The minimum atomic E-state index is -0.762.